The molecule has 1 aromatic carbocycles. The number of benzene rings is 1. The van der Waals surface area contributed by atoms with Crippen LogP contribution >= 0.6 is 11.3 Å². The fraction of sp³-hybridized carbons (Fsp3) is 0.200. The van der Waals surface area contributed by atoms with Gasteiger partial charge < -0.3 is 15.0 Å². The average Bonchev–Trinajstić information content (AvgIpc) is 3.12. The molecule has 3 rings (SSSR count). The number of hydrogen-bond donors (Lipinski definition) is 1. The molecule has 0 aliphatic rings. The third-order valence-corrected chi connectivity index (χ3v) is 4.08. The highest BCUT2D eigenvalue weighted by atomic mass is 32.1. The number of nitrogens with zero attached hydrogens (tertiary/aromatic N) is 2. The van der Waals surface area contributed by atoms with Gasteiger partial charge in [0.1, 0.15) is 5.75 Å². The minimum Gasteiger partial charge on any atom is -0.485 e. The molecule has 0 bridgehead atoms. The first-order valence-electron chi connectivity index (χ1n) is 6.65. The molecule has 3 aromatic rings. The van der Waals surface area contributed by atoms with Crippen LogP contribution in [0.1, 0.15) is 17.6 Å². The van der Waals surface area contributed by atoms with Crippen LogP contribution in [-0.2, 0) is 13.0 Å². The highest BCUT2D eigenvalue weighted by Crippen LogP contribution is 2.33. The van der Waals surface area contributed by atoms with E-state index in [1.807, 2.05) is 36.4 Å². The molecule has 2 N–H and O–H groups in total. The van der Waals surface area contributed by atoms with Crippen molar-refractivity contribution in [2.45, 2.75) is 20.0 Å². The summed E-state index contributed by atoms with van der Waals surface area (Å²) >= 11 is 1.55. The summed E-state index contributed by atoms with van der Waals surface area (Å²) in [4.78, 5) is 5.52. The number of ether oxygens (including phenoxy) is 1. The number of hydrogen-bond acceptors (Lipinski definition) is 6. The summed E-state index contributed by atoms with van der Waals surface area (Å²) in [7, 11) is 0. The Hall–Kier alpha value is -2.34. The molecule has 0 saturated heterocycles. The molecule has 0 amide bonds. The second-order valence-electron chi connectivity index (χ2n) is 4.46. The molecule has 108 valence electrons. The molecule has 0 atom stereocenters. The molecule has 5 nitrogen and oxygen atoms in total. The van der Waals surface area contributed by atoms with E-state index in [1.54, 1.807) is 11.3 Å². The molecule has 0 radical (unpaired) electrons. The van der Waals surface area contributed by atoms with Crippen LogP contribution in [0, 0.1) is 0 Å². The molecule has 0 spiro atoms. The van der Waals surface area contributed by atoms with Gasteiger partial charge in [-0.15, -0.1) is 11.3 Å². The Kier molecular flexibility index (Phi) is 3.87. The Morgan fingerprint density at radius 2 is 2.10 bits per heavy atom. The van der Waals surface area contributed by atoms with E-state index in [4.69, 9.17) is 15.0 Å². The van der Waals surface area contributed by atoms with Crippen LogP contribution in [-0.4, -0.2) is 10.1 Å². The van der Waals surface area contributed by atoms with E-state index >= 15 is 0 Å². The molecule has 21 heavy (non-hydrogen) atoms. The first-order chi connectivity index (χ1) is 10.3. The normalized spacial score (nSPS) is 10.7. The van der Waals surface area contributed by atoms with E-state index in [-0.39, 0.29) is 6.61 Å². The van der Waals surface area contributed by atoms with E-state index in [2.05, 4.69) is 17.1 Å². The van der Waals surface area contributed by atoms with Gasteiger partial charge in [-0.3, -0.25) is 0 Å². The van der Waals surface area contributed by atoms with E-state index in [0.717, 1.165) is 17.7 Å². The van der Waals surface area contributed by atoms with Gasteiger partial charge in [0.05, 0.1) is 10.6 Å². The van der Waals surface area contributed by atoms with Crippen LogP contribution in [0.5, 0.6) is 5.75 Å². The largest absolute Gasteiger partial charge is 0.485 e. The number of nitrogens with two attached hydrogens (primary N) is 1. The highest BCUT2D eigenvalue weighted by Gasteiger charge is 2.15. The van der Waals surface area contributed by atoms with Crippen molar-refractivity contribution in [3.05, 3.63) is 47.1 Å². The summed E-state index contributed by atoms with van der Waals surface area (Å²) in [5.74, 6) is 1.71. The zero-order valence-corrected chi connectivity index (χ0v) is 12.4. The van der Waals surface area contributed by atoms with Crippen molar-refractivity contribution in [1.82, 2.24) is 10.1 Å². The van der Waals surface area contributed by atoms with Gasteiger partial charge in [0, 0.05) is 4.88 Å². The van der Waals surface area contributed by atoms with E-state index < -0.39 is 0 Å². The Bertz CT molecular complexity index is 722. The van der Waals surface area contributed by atoms with Crippen molar-refractivity contribution in [2.75, 3.05) is 5.73 Å². The number of aryl methyl sites for hydroxylation is 1. The van der Waals surface area contributed by atoms with Gasteiger partial charge in [-0.25, -0.2) is 0 Å². The van der Waals surface area contributed by atoms with Gasteiger partial charge in [-0.1, -0.05) is 30.3 Å². The van der Waals surface area contributed by atoms with E-state index in [1.165, 1.54) is 4.88 Å². The molecule has 0 fully saturated rings. The third-order valence-electron chi connectivity index (χ3n) is 2.97. The monoisotopic (exact) mass is 301 g/mol. The van der Waals surface area contributed by atoms with Gasteiger partial charge >= 0.3 is 0 Å². The minimum absolute atomic E-state index is 0.262. The molecule has 0 saturated carbocycles. The van der Waals surface area contributed by atoms with Crippen molar-refractivity contribution in [2.24, 2.45) is 0 Å². The maximum atomic E-state index is 5.98. The zero-order valence-electron chi connectivity index (χ0n) is 11.6. The van der Waals surface area contributed by atoms with Crippen molar-refractivity contribution in [3.8, 4) is 17.2 Å². The quantitative estimate of drug-likeness (QED) is 0.780. The summed E-state index contributed by atoms with van der Waals surface area (Å²) in [6.45, 7) is 2.35. The number of rotatable bonds is 5. The molecule has 2 aromatic heterocycles. The summed E-state index contributed by atoms with van der Waals surface area (Å²) in [6, 6.07) is 11.5. The zero-order chi connectivity index (χ0) is 14.7. The van der Waals surface area contributed by atoms with Gasteiger partial charge in [-0.2, -0.15) is 4.98 Å². The van der Waals surface area contributed by atoms with Crippen LogP contribution in [0.15, 0.2) is 40.9 Å². The smallest absolute Gasteiger partial charge is 0.261 e. The molecule has 6 heteroatoms. The fourth-order valence-electron chi connectivity index (χ4n) is 1.89. The van der Waals surface area contributed by atoms with E-state index in [0.29, 0.717) is 16.7 Å². The van der Waals surface area contributed by atoms with Gasteiger partial charge in [0.15, 0.2) is 6.61 Å². The van der Waals surface area contributed by atoms with Crippen LogP contribution in [0.3, 0.4) is 0 Å². The lowest BCUT2D eigenvalue weighted by Gasteiger charge is -2.01. The van der Waals surface area contributed by atoms with Crippen LogP contribution in [0.25, 0.3) is 11.5 Å². The van der Waals surface area contributed by atoms with Gasteiger partial charge in [0.2, 0.25) is 5.82 Å². The fourth-order valence-corrected chi connectivity index (χ4v) is 2.75. The number of anilines is 1. The number of aromatic nitrogens is 2. The predicted octanol–water partition coefficient (Wildman–Crippen LogP) is 3.52. The SMILES string of the molecule is CCc1cc(-c2nc(COc3ccccc3)no2)c(N)s1. The molecule has 0 aliphatic heterocycles. The predicted molar refractivity (Wildman–Crippen MR) is 82.2 cm³/mol. The van der Waals surface area contributed by atoms with Crippen molar-refractivity contribution in [3.63, 3.8) is 0 Å². The van der Waals surface area contributed by atoms with E-state index in [9.17, 15) is 0 Å². The maximum absolute atomic E-state index is 5.98. The lowest BCUT2D eigenvalue weighted by molar-refractivity contribution is 0.287. The lowest BCUT2D eigenvalue weighted by Crippen LogP contribution is -1.97. The maximum Gasteiger partial charge on any atom is 0.261 e. The minimum atomic E-state index is 0.262. The average molecular weight is 301 g/mol. The Morgan fingerprint density at radius 3 is 2.81 bits per heavy atom. The topological polar surface area (TPSA) is 74.2 Å². The molecular formula is C15H15N3O2S. The van der Waals surface area contributed by atoms with Crippen LogP contribution in [0.2, 0.25) is 0 Å². The first-order valence-corrected chi connectivity index (χ1v) is 7.47. The summed E-state index contributed by atoms with van der Waals surface area (Å²) < 4.78 is 10.8. The molecular weight excluding hydrogens is 286 g/mol. The summed E-state index contributed by atoms with van der Waals surface area (Å²) in [5.41, 5.74) is 6.78. The number of thiophene rings is 1. The number of nitrogen functional groups attached to an aromatic ring is 1. The first kappa shape index (κ1) is 13.6. The molecule has 0 aliphatic carbocycles. The Labute approximate surface area is 126 Å². The van der Waals surface area contributed by atoms with Crippen molar-refractivity contribution < 1.29 is 9.26 Å². The molecule has 0 unspecified atom stereocenters. The van der Waals surface area contributed by atoms with Crippen LogP contribution in [0.4, 0.5) is 5.00 Å². The van der Waals surface area contributed by atoms with Crippen molar-refractivity contribution in [1.29, 1.82) is 0 Å². The summed E-state index contributed by atoms with van der Waals surface area (Å²) in [6.07, 6.45) is 0.937. The second-order valence-corrected chi connectivity index (χ2v) is 5.63. The van der Waals surface area contributed by atoms with Crippen LogP contribution < -0.4 is 10.5 Å². The number of para-hydroxylation sites is 1. The highest BCUT2D eigenvalue weighted by molar-refractivity contribution is 7.16. The van der Waals surface area contributed by atoms with Gasteiger partial charge in [-0.05, 0) is 24.6 Å². The summed E-state index contributed by atoms with van der Waals surface area (Å²) in [5, 5.41) is 4.62. The second kappa shape index (κ2) is 5.97. The lowest BCUT2D eigenvalue weighted by atomic mass is 10.2. The molecule has 2 heterocycles. The van der Waals surface area contributed by atoms with Crippen molar-refractivity contribution >= 4 is 16.3 Å². The standard InChI is InChI=1S/C15H15N3O2S/c1-2-11-8-12(14(16)21-11)15-17-13(18-20-15)9-19-10-6-4-3-5-7-10/h3-8H,2,9,16H2,1H3. The third kappa shape index (κ3) is 3.05. The Balaban J connectivity index is 1.72. The Morgan fingerprint density at radius 1 is 1.29 bits per heavy atom. The van der Waals surface area contributed by atoms with Gasteiger partial charge in [0.25, 0.3) is 5.89 Å².